The van der Waals surface area contributed by atoms with Crippen LogP contribution in [0.5, 0.6) is 0 Å². The maximum Gasteiger partial charge on any atom is 0.235 e. The second kappa shape index (κ2) is 5.40. The van der Waals surface area contributed by atoms with E-state index in [1.165, 1.54) is 0 Å². The first-order valence-electron chi connectivity index (χ1n) is 6.37. The molecular formula is C15H17NO3S. The van der Waals surface area contributed by atoms with Crippen LogP contribution < -0.4 is 0 Å². The molecule has 0 aliphatic carbocycles. The Morgan fingerprint density at radius 1 is 1.25 bits per heavy atom. The van der Waals surface area contributed by atoms with Gasteiger partial charge in [0, 0.05) is 16.9 Å². The zero-order valence-electron chi connectivity index (χ0n) is 11.8. The average molecular weight is 291 g/mol. The molecule has 1 aliphatic heterocycles. The van der Waals surface area contributed by atoms with Crippen LogP contribution in [-0.2, 0) is 9.59 Å². The van der Waals surface area contributed by atoms with Crippen LogP contribution in [0.3, 0.4) is 0 Å². The minimum atomic E-state index is -0.694. The molecule has 1 aliphatic rings. The topological polar surface area (TPSA) is 54.5 Å². The van der Waals surface area contributed by atoms with Gasteiger partial charge < -0.3 is 0 Å². The summed E-state index contributed by atoms with van der Waals surface area (Å²) in [6.07, 6.45) is 2.13. The van der Waals surface area contributed by atoms with E-state index in [1.54, 1.807) is 37.7 Å². The Kier molecular flexibility index (Phi) is 3.99. The maximum absolute atomic E-state index is 12.1. The van der Waals surface area contributed by atoms with Crippen LogP contribution in [0.1, 0.15) is 30.6 Å². The Balaban J connectivity index is 2.11. The van der Waals surface area contributed by atoms with Gasteiger partial charge in [-0.3, -0.25) is 19.3 Å². The number of ketones is 1. The van der Waals surface area contributed by atoms with E-state index in [1.807, 2.05) is 18.4 Å². The fraction of sp³-hybridized carbons (Fsp3) is 0.400. The summed E-state index contributed by atoms with van der Waals surface area (Å²) in [5.41, 5.74) is -0.173. The van der Waals surface area contributed by atoms with Gasteiger partial charge in [0.1, 0.15) is 0 Å². The molecule has 1 fully saturated rings. The van der Waals surface area contributed by atoms with Gasteiger partial charge in [0.25, 0.3) is 0 Å². The van der Waals surface area contributed by atoms with Crippen molar-refractivity contribution >= 4 is 29.4 Å². The smallest absolute Gasteiger partial charge is 0.235 e. The van der Waals surface area contributed by atoms with Crippen molar-refractivity contribution in [3.05, 3.63) is 29.8 Å². The molecule has 2 rings (SSSR count). The van der Waals surface area contributed by atoms with Gasteiger partial charge in [0.15, 0.2) is 5.78 Å². The predicted octanol–water partition coefficient (Wildman–Crippen LogP) is 2.38. The van der Waals surface area contributed by atoms with E-state index in [4.69, 9.17) is 0 Å². The van der Waals surface area contributed by atoms with Crippen LogP contribution in [0.2, 0.25) is 0 Å². The SMILES string of the molecule is CSc1ccc(C(=O)CN2C(=O)CC(C)(C)C2=O)cc1. The number of hydrogen-bond acceptors (Lipinski definition) is 4. The molecule has 20 heavy (non-hydrogen) atoms. The fourth-order valence-corrected chi connectivity index (χ4v) is 2.61. The first-order chi connectivity index (χ1) is 9.35. The highest BCUT2D eigenvalue weighted by atomic mass is 32.2. The molecule has 0 aromatic heterocycles. The van der Waals surface area contributed by atoms with Crippen molar-refractivity contribution in [2.24, 2.45) is 5.41 Å². The molecule has 5 heteroatoms. The van der Waals surface area contributed by atoms with Crippen molar-refractivity contribution in [1.29, 1.82) is 0 Å². The van der Waals surface area contributed by atoms with Gasteiger partial charge in [-0.25, -0.2) is 0 Å². The number of amides is 2. The predicted molar refractivity (Wildman–Crippen MR) is 77.7 cm³/mol. The third-order valence-corrected chi connectivity index (χ3v) is 4.18. The Morgan fingerprint density at radius 3 is 2.30 bits per heavy atom. The average Bonchev–Trinajstić information content (AvgIpc) is 2.61. The van der Waals surface area contributed by atoms with E-state index in [0.29, 0.717) is 5.56 Å². The van der Waals surface area contributed by atoms with Crippen LogP contribution in [0.4, 0.5) is 0 Å². The van der Waals surface area contributed by atoms with E-state index in [9.17, 15) is 14.4 Å². The van der Waals surface area contributed by atoms with Crippen molar-refractivity contribution < 1.29 is 14.4 Å². The number of imide groups is 1. The van der Waals surface area contributed by atoms with E-state index < -0.39 is 5.41 Å². The summed E-state index contributed by atoms with van der Waals surface area (Å²) >= 11 is 1.59. The zero-order chi connectivity index (χ0) is 14.9. The van der Waals surface area contributed by atoms with Crippen molar-refractivity contribution in [2.45, 2.75) is 25.2 Å². The summed E-state index contributed by atoms with van der Waals surface area (Å²) in [6.45, 7) is 3.29. The third-order valence-electron chi connectivity index (χ3n) is 3.43. The monoisotopic (exact) mass is 291 g/mol. The van der Waals surface area contributed by atoms with Crippen LogP contribution in [-0.4, -0.2) is 35.3 Å². The van der Waals surface area contributed by atoms with Crippen molar-refractivity contribution in [2.75, 3.05) is 12.8 Å². The number of benzene rings is 1. The Bertz CT molecular complexity index is 563. The highest BCUT2D eigenvalue weighted by molar-refractivity contribution is 7.98. The summed E-state index contributed by atoms with van der Waals surface area (Å²) in [5.74, 6) is -0.747. The molecule has 1 saturated heterocycles. The van der Waals surface area contributed by atoms with Gasteiger partial charge in [-0.1, -0.05) is 26.0 Å². The molecule has 1 heterocycles. The molecule has 1 aromatic carbocycles. The Hall–Kier alpha value is -1.62. The minimum absolute atomic E-state index is 0.167. The van der Waals surface area contributed by atoms with Crippen LogP contribution in [0, 0.1) is 5.41 Å². The fourth-order valence-electron chi connectivity index (χ4n) is 2.20. The van der Waals surface area contributed by atoms with Crippen LogP contribution >= 0.6 is 11.8 Å². The quantitative estimate of drug-likeness (QED) is 0.485. The maximum atomic E-state index is 12.1. The summed E-state index contributed by atoms with van der Waals surface area (Å²) < 4.78 is 0. The van der Waals surface area contributed by atoms with Crippen molar-refractivity contribution in [1.82, 2.24) is 4.90 Å². The van der Waals surface area contributed by atoms with Gasteiger partial charge in [0.2, 0.25) is 11.8 Å². The molecule has 2 amide bonds. The highest BCUT2D eigenvalue weighted by Crippen LogP contribution is 2.31. The van der Waals surface area contributed by atoms with Gasteiger partial charge in [-0.05, 0) is 18.4 Å². The highest BCUT2D eigenvalue weighted by Gasteiger charge is 2.45. The number of likely N-dealkylation sites (tertiary alicyclic amines) is 1. The standard InChI is InChI=1S/C15H17NO3S/c1-15(2)8-13(18)16(14(15)19)9-12(17)10-4-6-11(20-3)7-5-10/h4-7H,8-9H2,1-3H3. The lowest BCUT2D eigenvalue weighted by atomic mass is 9.92. The molecule has 1 aromatic rings. The summed E-state index contributed by atoms with van der Waals surface area (Å²) in [7, 11) is 0. The van der Waals surface area contributed by atoms with E-state index in [2.05, 4.69) is 0 Å². The van der Waals surface area contributed by atoms with Crippen molar-refractivity contribution in [3.63, 3.8) is 0 Å². The minimum Gasteiger partial charge on any atom is -0.292 e. The van der Waals surface area contributed by atoms with Gasteiger partial charge in [-0.2, -0.15) is 0 Å². The Labute approximate surface area is 122 Å². The summed E-state index contributed by atoms with van der Waals surface area (Å²) in [6, 6.07) is 7.17. The molecule has 0 radical (unpaired) electrons. The number of nitrogens with zero attached hydrogens (tertiary/aromatic N) is 1. The number of thioether (sulfide) groups is 1. The number of carbonyl (C=O) groups is 3. The van der Waals surface area contributed by atoms with Crippen molar-refractivity contribution in [3.8, 4) is 0 Å². The second-order valence-electron chi connectivity index (χ2n) is 5.50. The molecule has 4 nitrogen and oxygen atoms in total. The summed E-state index contributed by atoms with van der Waals surface area (Å²) in [4.78, 5) is 38.2. The lowest BCUT2D eigenvalue weighted by molar-refractivity contribution is -0.140. The zero-order valence-corrected chi connectivity index (χ0v) is 12.6. The first-order valence-corrected chi connectivity index (χ1v) is 7.59. The number of rotatable bonds is 4. The Morgan fingerprint density at radius 2 is 1.85 bits per heavy atom. The molecule has 0 bridgehead atoms. The van der Waals surface area contributed by atoms with E-state index >= 15 is 0 Å². The number of hydrogen-bond donors (Lipinski definition) is 0. The molecule has 0 saturated carbocycles. The van der Waals surface area contributed by atoms with E-state index in [-0.39, 0.29) is 30.6 Å². The second-order valence-corrected chi connectivity index (χ2v) is 6.38. The third kappa shape index (κ3) is 2.77. The molecule has 0 unspecified atom stereocenters. The normalized spacial score (nSPS) is 17.6. The van der Waals surface area contributed by atoms with Gasteiger partial charge >= 0.3 is 0 Å². The van der Waals surface area contributed by atoms with E-state index in [0.717, 1.165) is 9.80 Å². The first kappa shape index (κ1) is 14.8. The molecule has 0 atom stereocenters. The van der Waals surface area contributed by atoms with Crippen LogP contribution in [0.25, 0.3) is 0 Å². The summed E-state index contributed by atoms with van der Waals surface area (Å²) in [5, 5.41) is 0. The molecule has 0 N–H and O–H groups in total. The molecule has 106 valence electrons. The largest absolute Gasteiger partial charge is 0.292 e. The lowest BCUT2D eigenvalue weighted by Crippen LogP contribution is -2.37. The van der Waals surface area contributed by atoms with Crippen LogP contribution in [0.15, 0.2) is 29.2 Å². The lowest BCUT2D eigenvalue weighted by Gasteiger charge is -2.17. The van der Waals surface area contributed by atoms with Gasteiger partial charge in [-0.15, -0.1) is 11.8 Å². The van der Waals surface area contributed by atoms with Gasteiger partial charge in [0.05, 0.1) is 12.0 Å². The molecule has 0 spiro atoms. The molecular weight excluding hydrogens is 274 g/mol. The number of carbonyl (C=O) groups excluding carboxylic acids is 3. The number of Topliss-reactive ketones (excluding diaryl/α,β-unsaturated/α-hetero) is 1.